The summed E-state index contributed by atoms with van der Waals surface area (Å²) in [6, 6.07) is 0.263. The van der Waals surface area contributed by atoms with Crippen LogP contribution >= 0.6 is 0 Å². The molecular formula is C9H17BN3O. The molecule has 1 saturated heterocycles. The van der Waals surface area contributed by atoms with Crippen molar-refractivity contribution in [3.8, 4) is 0 Å². The maximum atomic E-state index is 5.31. The molecule has 5 heteroatoms. The van der Waals surface area contributed by atoms with Gasteiger partial charge in [0.25, 0.3) is 0 Å². The molecule has 0 bridgehead atoms. The monoisotopic (exact) mass is 194 g/mol. The van der Waals surface area contributed by atoms with Crippen LogP contribution in [0.15, 0.2) is 9.98 Å². The normalized spacial score (nSPS) is 29.1. The molecule has 14 heavy (non-hydrogen) atoms. The van der Waals surface area contributed by atoms with Crippen molar-refractivity contribution >= 4 is 19.7 Å². The number of hydrogen-bond acceptors (Lipinski definition) is 4. The van der Waals surface area contributed by atoms with Crippen molar-refractivity contribution in [3.05, 3.63) is 0 Å². The lowest BCUT2D eigenvalue weighted by Crippen LogP contribution is -2.39. The van der Waals surface area contributed by atoms with Crippen LogP contribution in [-0.2, 0) is 4.74 Å². The Kier molecular flexibility index (Phi) is 4.83. The fourth-order valence-corrected chi connectivity index (χ4v) is 1.62. The van der Waals surface area contributed by atoms with Crippen molar-refractivity contribution in [1.82, 2.24) is 5.32 Å². The van der Waals surface area contributed by atoms with Crippen molar-refractivity contribution in [2.24, 2.45) is 9.98 Å². The Morgan fingerprint density at radius 2 is 2.50 bits per heavy atom. The van der Waals surface area contributed by atoms with Crippen LogP contribution in [0.25, 0.3) is 0 Å². The second-order valence-corrected chi connectivity index (χ2v) is 3.36. The van der Waals surface area contributed by atoms with Crippen LogP contribution in [-0.4, -0.2) is 52.6 Å². The molecule has 1 fully saturated rings. The van der Waals surface area contributed by atoms with Crippen molar-refractivity contribution < 1.29 is 4.74 Å². The van der Waals surface area contributed by atoms with Crippen molar-refractivity contribution in [1.29, 1.82) is 0 Å². The summed E-state index contributed by atoms with van der Waals surface area (Å²) in [7, 11) is 3.95. The molecule has 0 aromatic rings. The van der Waals surface area contributed by atoms with Gasteiger partial charge in [0.1, 0.15) is 0 Å². The Labute approximate surface area is 86.1 Å². The average molecular weight is 194 g/mol. The first-order valence-electron chi connectivity index (χ1n) is 4.79. The first-order chi connectivity index (χ1) is 6.79. The van der Waals surface area contributed by atoms with Gasteiger partial charge in [0.2, 0.25) is 0 Å². The van der Waals surface area contributed by atoms with E-state index in [2.05, 4.69) is 29.3 Å². The summed E-state index contributed by atoms with van der Waals surface area (Å²) >= 11 is 0. The van der Waals surface area contributed by atoms with Gasteiger partial charge in [-0.15, -0.1) is 0 Å². The lowest BCUT2D eigenvalue weighted by molar-refractivity contribution is 0.155. The van der Waals surface area contributed by atoms with Crippen LogP contribution in [0.2, 0.25) is 5.82 Å². The average Bonchev–Trinajstić information content (AvgIpc) is 2.43. The number of ether oxygens (including phenoxy) is 1. The number of hydrogen-bond donors (Lipinski definition) is 1. The van der Waals surface area contributed by atoms with Gasteiger partial charge in [-0.05, 0) is 19.5 Å². The predicted molar refractivity (Wildman–Crippen MR) is 60.7 cm³/mol. The molecule has 0 spiro atoms. The van der Waals surface area contributed by atoms with Gasteiger partial charge >= 0.3 is 0 Å². The van der Waals surface area contributed by atoms with E-state index >= 15 is 0 Å². The van der Waals surface area contributed by atoms with E-state index < -0.39 is 0 Å². The van der Waals surface area contributed by atoms with Crippen molar-refractivity contribution in [3.63, 3.8) is 0 Å². The number of aliphatic imine (C=N–C) groups is 2. The van der Waals surface area contributed by atoms with Gasteiger partial charge in [0.15, 0.2) is 7.28 Å². The lowest BCUT2D eigenvalue weighted by atomic mass is 9.60. The smallest absolute Gasteiger partial charge is 0.158 e. The summed E-state index contributed by atoms with van der Waals surface area (Å²) in [4.78, 5) is 8.14. The second kappa shape index (κ2) is 5.93. The van der Waals surface area contributed by atoms with Crippen LogP contribution in [0.4, 0.5) is 0 Å². The highest BCUT2D eigenvalue weighted by Crippen LogP contribution is 2.15. The number of rotatable bonds is 3. The zero-order chi connectivity index (χ0) is 10.4. The fourth-order valence-electron chi connectivity index (χ4n) is 1.62. The quantitative estimate of drug-likeness (QED) is 0.514. The zero-order valence-electron chi connectivity index (χ0n) is 8.86. The van der Waals surface area contributed by atoms with Gasteiger partial charge in [-0.2, -0.15) is 0 Å². The Morgan fingerprint density at radius 3 is 3.14 bits per heavy atom. The molecule has 1 radical (unpaired) electrons. The summed E-state index contributed by atoms with van der Waals surface area (Å²) in [6.07, 6.45) is 0. The minimum atomic E-state index is 0.263. The van der Waals surface area contributed by atoms with Crippen LogP contribution in [0.5, 0.6) is 0 Å². The topological polar surface area (TPSA) is 46.0 Å². The first-order valence-corrected chi connectivity index (χ1v) is 4.79. The van der Waals surface area contributed by atoms with Gasteiger partial charge in [0, 0.05) is 25.3 Å². The highest BCUT2D eigenvalue weighted by molar-refractivity contribution is 6.45. The standard InChI is InChI=1S/C9H17BN3O/c1-7(12-3)9-8(4-11-2)13-6-14-5-10-9/h8-9,13H,2,4-6H2,1,3H3. The third-order valence-corrected chi connectivity index (χ3v) is 2.51. The molecular weight excluding hydrogens is 177 g/mol. The largest absolute Gasteiger partial charge is 0.375 e. The molecule has 1 heterocycles. The van der Waals surface area contributed by atoms with E-state index in [1.807, 2.05) is 14.0 Å². The summed E-state index contributed by atoms with van der Waals surface area (Å²) in [5.74, 6) is 0.299. The van der Waals surface area contributed by atoms with Crippen LogP contribution in [0, 0.1) is 0 Å². The molecule has 0 aliphatic carbocycles. The minimum absolute atomic E-state index is 0.263. The van der Waals surface area contributed by atoms with Crippen LogP contribution < -0.4 is 5.32 Å². The van der Waals surface area contributed by atoms with Gasteiger partial charge < -0.3 is 4.74 Å². The van der Waals surface area contributed by atoms with E-state index in [9.17, 15) is 0 Å². The first kappa shape index (κ1) is 11.4. The maximum Gasteiger partial charge on any atom is 0.158 e. The summed E-state index contributed by atoms with van der Waals surface area (Å²) in [5.41, 5.74) is 1.11. The maximum absolute atomic E-state index is 5.31. The minimum Gasteiger partial charge on any atom is -0.375 e. The lowest BCUT2D eigenvalue weighted by Gasteiger charge is -2.23. The van der Waals surface area contributed by atoms with Gasteiger partial charge in [-0.25, -0.2) is 0 Å². The third kappa shape index (κ3) is 2.92. The zero-order valence-corrected chi connectivity index (χ0v) is 8.86. The van der Waals surface area contributed by atoms with Crippen LogP contribution in [0.1, 0.15) is 6.92 Å². The summed E-state index contributed by atoms with van der Waals surface area (Å²) in [5, 5.41) is 3.28. The Hall–Kier alpha value is -0.675. The van der Waals surface area contributed by atoms with Gasteiger partial charge in [-0.3, -0.25) is 15.3 Å². The summed E-state index contributed by atoms with van der Waals surface area (Å²) in [6.45, 7) is 7.48. The Morgan fingerprint density at radius 1 is 1.71 bits per heavy atom. The molecule has 2 unspecified atom stereocenters. The molecule has 0 aromatic carbocycles. The molecule has 1 N–H and O–H groups in total. The fraction of sp³-hybridized carbons (Fsp3) is 0.778. The molecule has 0 amide bonds. The summed E-state index contributed by atoms with van der Waals surface area (Å²) < 4.78 is 5.31. The molecule has 1 aliphatic rings. The molecule has 4 nitrogen and oxygen atoms in total. The van der Waals surface area contributed by atoms with Gasteiger partial charge in [0.05, 0.1) is 13.3 Å². The number of nitrogens with zero attached hydrogens (tertiary/aromatic N) is 2. The Bertz CT molecular complexity index is 220. The SMILES string of the molecule is C=NCC1NCOC[B]C1C(C)=NC. The van der Waals surface area contributed by atoms with E-state index in [0.717, 1.165) is 5.71 Å². The second-order valence-electron chi connectivity index (χ2n) is 3.36. The van der Waals surface area contributed by atoms with E-state index in [4.69, 9.17) is 4.74 Å². The molecule has 2 atom stereocenters. The van der Waals surface area contributed by atoms with Crippen LogP contribution in [0.3, 0.4) is 0 Å². The van der Waals surface area contributed by atoms with Crippen molar-refractivity contribution in [2.45, 2.75) is 18.8 Å². The van der Waals surface area contributed by atoms with E-state index in [0.29, 0.717) is 25.6 Å². The third-order valence-electron chi connectivity index (χ3n) is 2.51. The molecule has 1 rings (SSSR count). The van der Waals surface area contributed by atoms with E-state index in [1.165, 1.54) is 0 Å². The van der Waals surface area contributed by atoms with E-state index in [1.54, 1.807) is 0 Å². The van der Waals surface area contributed by atoms with E-state index in [-0.39, 0.29) is 6.04 Å². The molecule has 77 valence electrons. The van der Waals surface area contributed by atoms with Gasteiger partial charge in [-0.1, -0.05) is 0 Å². The van der Waals surface area contributed by atoms with Crippen molar-refractivity contribution in [2.75, 3.05) is 26.8 Å². The number of nitrogens with one attached hydrogen (secondary N) is 1. The molecule has 1 aliphatic heterocycles. The Balaban J connectivity index is 2.68. The predicted octanol–water partition coefficient (Wildman–Crippen LogP) is 0.174. The highest BCUT2D eigenvalue weighted by Gasteiger charge is 2.25. The highest BCUT2D eigenvalue weighted by atomic mass is 16.5. The molecule has 0 aromatic heterocycles. The molecule has 0 saturated carbocycles.